The van der Waals surface area contributed by atoms with Crippen LogP contribution >= 0.6 is 11.6 Å². The Hall–Kier alpha value is -1.25. The van der Waals surface area contributed by atoms with Crippen molar-refractivity contribution < 1.29 is 4.74 Å². The van der Waals surface area contributed by atoms with Crippen molar-refractivity contribution in [2.75, 3.05) is 26.2 Å². The molecule has 0 aromatic heterocycles. The molecule has 0 aliphatic rings. The van der Waals surface area contributed by atoms with Crippen molar-refractivity contribution in [3.8, 4) is 5.75 Å². The summed E-state index contributed by atoms with van der Waals surface area (Å²) in [6.45, 7) is 12.6. The Morgan fingerprint density at radius 3 is 2.56 bits per heavy atom. The standard InChI is InChI=1S/C15H20ClNO/c1-4-8-17(9-5-2)10-11-18-15-12-13(3)6-7-14(15)16/h4-7,12H,1-2,8-11H2,3H3. The van der Waals surface area contributed by atoms with Crippen LogP contribution in [-0.2, 0) is 0 Å². The van der Waals surface area contributed by atoms with Crippen molar-refractivity contribution >= 4 is 11.6 Å². The lowest BCUT2D eigenvalue weighted by atomic mass is 10.2. The Balaban J connectivity index is 2.46. The van der Waals surface area contributed by atoms with Crippen LogP contribution in [0.15, 0.2) is 43.5 Å². The van der Waals surface area contributed by atoms with Crippen molar-refractivity contribution in [3.05, 3.63) is 54.1 Å². The molecule has 0 unspecified atom stereocenters. The number of nitrogens with zero attached hydrogens (tertiary/aromatic N) is 1. The fourth-order valence-electron chi connectivity index (χ4n) is 1.63. The monoisotopic (exact) mass is 265 g/mol. The molecule has 0 amide bonds. The quantitative estimate of drug-likeness (QED) is 0.665. The van der Waals surface area contributed by atoms with E-state index in [1.807, 2.05) is 37.3 Å². The second-order valence-corrected chi connectivity index (χ2v) is 4.53. The van der Waals surface area contributed by atoms with Gasteiger partial charge in [-0.05, 0) is 24.6 Å². The minimum atomic E-state index is 0.602. The topological polar surface area (TPSA) is 12.5 Å². The molecule has 0 saturated heterocycles. The van der Waals surface area contributed by atoms with Gasteiger partial charge in [-0.2, -0.15) is 0 Å². The second-order valence-electron chi connectivity index (χ2n) is 4.12. The molecular weight excluding hydrogens is 246 g/mol. The third kappa shape index (κ3) is 4.94. The third-order valence-electron chi connectivity index (χ3n) is 2.53. The van der Waals surface area contributed by atoms with Crippen molar-refractivity contribution in [3.63, 3.8) is 0 Å². The van der Waals surface area contributed by atoms with Gasteiger partial charge in [-0.25, -0.2) is 0 Å². The Bertz CT molecular complexity index is 393. The van der Waals surface area contributed by atoms with Gasteiger partial charge >= 0.3 is 0 Å². The zero-order chi connectivity index (χ0) is 13.4. The highest BCUT2D eigenvalue weighted by molar-refractivity contribution is 6.32. The van der Waals surface area contributed by atoms with Gasteiger partial charge in [-0.1, -0.05) is 29.8 Å². The maximum Gasteiger partial charge on any atom is 0.138 e. The first kappa shape index (κ1) is 14.8. The molecule has 0 fully saturated rings. The van der Waals surface area contributed by atoms with E-state index in [1.54, 1.807) is 0 Å². The molecular formula is C15H20ClNO. The van der Waals surface area contributed by atoms with Crippen LogP contribution in [0.25, 0.3) is 0 Å². The van der Waals surface area contributed by atoms with Crippen LogP contribution in [0.3, 0.4) is 0 Å². The summed E-state index contributed by atoms with van der Waals surface area (Å²) >= 11 is 6.06. The fraction of sp³-hybridized carbons (Fsp3) is 0.333. The largest absolute Gasteiger partial charge is 0.491 e. The predicted molar refractivity (Wildman–Crippen MR) is 78.5 cm³/mol. The smallest absolute Gasteiger partial charge is 0.138 e. The molecule has 0 heterocycles. The zero-order valence-electron chi connectivity index (χ0n) is 10.9. The molecule has 0 bridgehead atoms. The molecule has 1 aromatic carbocycles. The molecule has 0 aliphatic carbocycles. The molecule has 98 valence electrons. The van der Waals surface area contributed by atoms with Crippen molar-refractivity contribution in [1.82, 2.24) is 4.90 Å². The first-order valence-electron chi connectivity index (χ1n) is 6.00. The summed E-state index contributed by atoms with van der Waals surface area (Å²) in [5, 5.41) is 0.652. The lowest BCUT2D eigenvalue weighted by molar-refractivity contribution is 0.236. The van der Waals surface area contributed by atoms with Crippen molar-refractivity contribution in [2.24, 2.45) is 0 Å². The number of benzene rings is 1. The Kier molecular flexibility index (Phi) is 6.55. The van der Waals surface area contributed by atoms with Gasteiger partial charge < -0.3 is 4.74 Å². The molecule has 2 nitrogen and oxygen atoms in total. The summed E-state index contributed by atoms with van der Waals surface area (Å²) < 4.78 is 5.70. The molecule has 0 radical (unpaired) electrons. The third-order valence-corrected chi connectivity index (χ3v) is 2.84. The number of rotatable bonds is 8. The predicted octanol–water partition coefficient (Wildman–Crippen LogP) is 3.70. The summed E-state index contributed by atoms with van der Waals surface area (Å²) in [6, 6.07) is 5.78. The van der Waals surface area contributed by atoms with Gasteiger partial charge in [0.25, 0.3) is 0 Å². The first-order chi connectivity index (χ1) is 8.67. The van der Waals surface area contributed by atoms with Gasteiger partial charge in [0.1, 0.15) is 12.4 Å². The molecule has 0 atom stereocenters. The summed E-state index contributed by atoms with van der Waals surface area (Å²) in [6.07, 6.45) is 3.76. The van der Waals surface area contributed by atoms with E-state index < -0.39 is 0 Å². The molecule has 0 aliphatic heterocycles. The summed E-state index contributed by atoms with van der Waals surface area (Å²) in [5.41, 5.74) is 1.14. The fourth-order valence-corrected chi connectivity index (χ4v) is 1.80. The minimum Gasteiger partial charge on any atom is -0.491 e. The number of ether oxygens (including phenoxy) is 1. The summed E-state index contributed by atoms with van der Waals surface area (Å²) in [7, 11) is 0. The van der Waals surface area contributed by atoms with Crippen LogP contribution in [0.5, 0.6) is 5.75 Å². The van der Waals surface area contributed by atoms with Gasteiger partial charge in [0.05, 0.1) is 5.02 Å². The highest BCUT2D eigenvalue weighted by Gasteiger charge is 2.04. The maximum atomic E-state index is 6.06. The number of hydrogen-bond donors (Lipinski definition) is 0. The van der Waals surface area contributed by atoms with E-state index in [4.69, 9.17) is 16.3 Å². The van der Waals surface area contributed by atoms with E-state index in [0.717, 1.165) is 30.9 Å². The highest BCUT2D eigenvalue weighted by atomic mass is 35.5. The molecule has 0 N–H and O–H groups in total. The van der Waals surface area contributed by atoms with Gasteiger partial charge in [-0.3, -0.25) is 4.90 Å². The van der Waals surface area contributed by atoms with E-state index >= 15 is 0 Å². The van der Waals surface area contributed by atoms with E-state index in [-0.39, 0.29) is 0 Å². The normalized spacial score (nSPS) is 10.4. The molecule has 18 heavy (non-hydrogen) atoms. The summed E-state index contributed by atoms with van der Waals surface area (Å²) in [5.74, 6) is 0.744. The Morgan fingerprint density at radius 1 is 1.28 bits per heavy atom. The van der Waals surface area contributed by atoms with Crippen LogP contribution in [0.2, 0.25) is 5.02 Å². The summed E-state index contributed by atoms with van der Waals surface area (Å²) in [4.78, 5) is 2.20. The van der Waals surface area contributed by atoms with Crippen LogP contribution in [0.1, 0.15) is 5.56 Å². The zero-order valence-corrected chi connectivity index (χ0v) is 11.6. The second kappa shape index (κ2) is 7.96. The van der Waals surface area contributed by atoms with Crippen LogP contribution < -0.4 is 4.74 Å². The van der Waals surface area contributed by atoms with Gasteiger partial charge in [-0.15, -0.1) is 13.2 Å². The SMILES string of the molecule is C=CCN(CC=C)CCOc1cc(C)ccc1Cl. The Morgan fingerprint density at radius 2 is 1.94 bits per heavy atom. The number of aryl methyl sites for hydroxylation is 1. The molecule has 3 heteroatoms. The van der Waals surface area contributed by atoms with E-state index in [0.29, 0.717) is 11.6 Å². The minimum absolute atomic E-state index is 0.602. The number of halogens is 1. The lowest BCUT2D eigenvalue weighted by Crippen LogP contribution is -2.28. The highest BCUT2D eigenvalue weighted by Crippen LogP contribution is 2.25. The van der Waals surface area contributed by atoms with Crippen LogP contribution in [-0.4, -0.2) is 31.1 Å². The Labute approximate surface area is 115 Å². The lowest BCUT2D eigenvalue weighted by Gasteiger charge is -2.19. The van der Waals surface area contributed by atoms with Gasteiger partial charge in [0, 0.05) is 19.6 Å². The van der Waals surface area contributed by atoms with Crippen LogP contribution in [0, 0.1) is 6.92 Å². The van der Waals surface area contributed by atoms with E-state index in [2.05, 4.69) is 18.1 Å². The van der Waals surface area contributed by atoms with E-state index in [9.17, 15) is 0 Å². The molecule has 0 saturated carbocycles. The molecule has 1 rings (SSSR count). The van der Waals surface area contributed by atoms with Gasteiger partial charge in [0.15, 0.2) is 0 Å². The maximum absolute atomic E-state index is 6.06. The molecule has 0 spiro atoms. The van der Waals surface area contributed by atoms with Crippen molar-refractivity contribution in [2.45, 2.75) is 6.92 Å². The first-order valence-corrected chi connectivity index (χ1v) is 6.38. The van der Waals surface area contributed by atoms with E-state index in [1.165, 1.54) is 0 Å². The van der Waals surface area contributed by atoms with Crippen LogP contribution in [0.4, 0.5) is 0 Å². The van der Waals surface area contributed by atoms with Gasteiger partial charge in [0.2, 0.25) is 0 Å². The average Bonchev–Trinajstić information content (AvgIpc) is 2.34. The van der Waals surface area contributed by atoms with Crippen molar-refractivity contribution in [1.29, 1.82) is 0 Å². The number of hydrogen-bond acceptors (Lipinski definition) is 2. The average molecular weight is 266 g/mol. The molecule has 1 aromatic rings.